The molecular formula is C29H38F3N3O3. The molecule has 1 aliphatic carbocycles. The summed E-state index contributed by atoms with van der Waals surface area (Å²) >= 11 is 0. The molecule has 1 saturated carbocycles. The molecule has 1 saturated heterocycles. The molecule has 208 valence electrons. The summed E-state index contributed by atoms with van der Waals surface area (Å²) in [6.07, 6.45) is 2.39. The first-order valence-electron chi connectivity index (χ1n) is 13.4. The van der Waals surface area contributed by atoms with Gasteiger partial charge in [-0.1, -0.05) is 37.3 Å². The number of carbonyl (C=O) groups is 2. The number of benzene rings is 2. The number of rotatable bonds is 7. The van der Waals surface area contributed by atoms with Crippen molar-refractivity contribution in [3.05, 3.63) is 70.8 Å². The minimum absolute atomic E-state index is 0.112. The third kappa shape index (κ3) is 8.56. The van der Waals surface area contributed by atoms with Crippen molar-refractivity contribution < 1.29 is 27.9 Å². The van der Waals surface area contributed by atoms with E-state index in [2.05, 4.69) is 29.7 Å². The summed E-state index contributed by atoms with van der Waals surface area (Å²) in [5.74, 6) is -0.255. The van der Waals surface area contributed by atoms with E-state index in [-0.39, 0.29) is 24.6 Å². The highest BCUT2D eigenvalue weighted by Gasteiger charge is 2.31. The Labute approximate surface area is 222 Å². The number of nitrogens with one attached hydrogen (secondary N) is 2. The van der Waals surface area contributed by atoms with Crippen LogP contribution in [0.5, 0.6) is 0 Å². The minimum atomic E-state index is -4.50. The second-order valence-electron chi connectivity index (χ2n) is 9.81. The molecule has 9 heteroatoms. The minimum Gasteiger partial charge on any atom is -0.392 e. The van der Waals surface area contributed by atoms with Crippen LogP contribution in [-0.4, -0.2) is 54.0 Å². The smallest absolute Gasteiger partial charge is 0.392 e. The number of hydrogen-bond donors (Lipinski definition) is 3. The van der Waals surface area contributed by atoms with Crippen LogP contribution in [0.15, 0.2) is 48.5 Å². The SMILES string of the molecule is CCNC1CCC(c2ccccc2CO)CC1.O=C(NCC(=O)N1CCCC1)c1cccc(C(F)(F)F)c1. The molecule has 38 heavy (non-hydrogen) atoms. The molecule has 2 fully saturated rings. The molecule has 0 bridgehead atoms. The fourth-order valence-electron chi connectivity index (χ4n) is 5.15. The van der Waals surface area contributed by atoms with E-state index in [1.54, 1.807) is 4.90 Å². The predicted octanol–water partition coefficient (Wildman–Crippen LogP) is 4.87. The second kappa shape index (κ2) is 14.3. The zero-order valence-corrected chi connectivity index (χ0v) is 21.9. The van der Waals surface area contributed by atoms with Crippen LogP contribution in [0.2, 0.25) is 0 Å². The largest absolute Gasteiger partial charge is 0.416 e. The Morgan fingerprint density at radius 1 is 1.00 bits per heavy atom. The predicted molar refractivity (Wildman–Crippen MR) is 141 cm³/mol. The van der Waals surface area contributed by atoms with Gasteiger partial charge in [-0.25, -0.2) is 0 Å². The zero-order valence-electron chi connectivity index (χ0n) is 21.9. The summed E-state index contributed by atoms with van der Waals surface area (Å²) in [7, 11) is 0. The molecule has 1 aliphatic heterocycles. The molecule has 2 aromatic carbocycles. The molecule has 6 nitrogen and oxygen atoms in total. The summed E-state index contributed by atoms with van der Waals surface area (Å²) in [5.41, 5.74) is 1.48. The van der Waals surface area contributed by atoms with Gasteiger partial charge in [-0.2, -0.15) is 13.2 Å². The second-order valence-corrected chi connectivity index (χ2v) is 9.81. The summed E-state index contributed by atoms with van der Waals surface area (Å²) in [5, 5.41) is 15.3. The molecule has 0 aromatic heterocycles. The van der Waals surface area contributed by atoms with Gasteiger partial charge < -0.3 is 20.6 Å². The van der Waals surface area contributed by atoms with Crippen LogP contribution in [0, 0.1) is 0 Å². The van der Waals surface area contributed by atoms with Crippen LogP contribution in [0.3, 0.4) is 0 Å². The van der Waals surface area contributed by atoms with Crippen molar-refractivity contribution >= 4 is 11.8 Å². The summed E-state index contributed by atoms with van der Waals surface area (Å²) < 4.78 is 37.7. The Hall–Kier alpha value is -2.91. The number of hydrogen-bond acceptors (Lipinski definition) is 4. The average molecular weight is 534 g/mol. The number of likely N-dealkylation sites (tertiary alicyclic amines) is 1. The van der Waals surface area contributed by atoms with Crippen LogP contribution in [-0.2, 0) is 17.6 Å². The molecular weight excluding hydrogens is 495 g/mol. The van der Waals surface area contributed by atoms with Crippen LogP contribution >= 0.6 is 0 Å². The lowest BCUT2D eigenvalue weighted by Crippen LogP contribution is -2.38. The molecule has 3 N–H and O–H groups in total. The maximum Gasteiger partial charge on any atom is 0.416 e. The maximum atomic E-state index is 12.6. The van der Waals surface area contributed by atoms with E-state index < -0.39 is 17.6 Å². The Balaban J connectivity index is 0.000000215. The topological polar surface area (TPSA) is 81.7 Å². The number of aliphatic hydroxyl groups excluding tert-OH is 1. The van der Waals surface area contributed by atoms with Crippen molar-refractivity contribution in [2.24, 2.45) is 0 Å². The van der Waals surface area contributed by atoms with E-state index in [9.17, 15) is 27.9 Å². The summed E-state index contributed by atoms with van der Waals surface area (Å²) in [6, 6.07) is 13.2. The standard InChI is InChI=1S/C15H23NO.C14H15F3N2O2/c1-2-16-14-9-7-12(8-10-14)15-6-4-3-5-13(15)11-17;15-14(16,17)11-5-3-4-10(8-11)13(21)18-9-12(20)19-6-1-2-7-19/h3-6,12,14,16-17H,2,7-11H2,1H3;3-5,8H,1-2,6-7,9H2,(H,18,21). The number of nitrogens with zero attached hydrogens (tertiary/aromatic N) is 1. The van der Waals surface area contributed by atoms with Crippen LogP contribution in [0.4, 0.5) is 13.2 Å². The van der Waals surface area contributed by atoms with Gasteiger partial charge in [-0.05, 0) is 80.3 Å². The molecule has 0 unspecified atom stereocenters. The van der Waals surface area contributed by atoms with Crippen LogP contribution in [0.25, 0.3) is 0 Å². The van der Waals surface area contributed by atoms with Gasteiger partial charge in [0.05, 0.1) is 18.7 Å². The van der Waals surface area contributed by atoms with Crippen LogP contribution < -0.4 is 10.6 Å². The number of amides is 2. The first kappa shape index (κ1) is 29.6. The monoisotopic (exact) mass is 533 g/mol. The highest BCUT2D eigenvalue weighted by Crippen LogP contribution is 2.34. The van der Waals surface area contributed by atoms with Gasteiger partial charge in [0.25, 0.3) is 5.91 Å². The van der Waals surface area contributed by atoms with E-state index in [0.29, 0.717) is 25.0 Å². The van der Waals surface area contributed by atoms with Gasteiger partial charge in [0, 0.05) is 24.7 Å². The number of halogens is 3. The molecule has 2 aromatic rings. The first-order chi connectivity index (χ1) is 18.2. The molecule has 0 spiro atoms. The number of carbonyl (C=O) groups excluding carboxylic acids is 2. The van der Waals surface area contributed by atoms with E-state index in [0.717, 1.165) is 37.1 Å². The van der Waals surface area contributed by atoms with Crippen molar-refractivity contribution in [3.63, 3.8) is 0 Å². The lowest BCUT2D eigenvalue weighted by atomic mass is 9.80. The van der Waals surface area contributed by atoms with Gasteiger partial charge in [0.15, 0.2) is 0 Å². The fourth-order valence-corrected chi connectivity index (χ4v) is 5.15. The third-order valence-electron chi connectivity index (χ3n) is 7.20. The summed E-state index contributed by atoms with van der Waals surface area (Å²) in [4.78, 5) is 25.2. The van der Waals surface area contributed by atoms with Gasteiger partial charge in [-0.15, -0.1) is 0 Å². The Bertz CT molecular complexity index is 1050. The maximum absolute atomic E-state index is 12.6. The van der Waals surface area contributed by atoms with Crippen molar-refractivity contribution in [1.82, 2.24) is 15.5 Å². The Morgan fingerprint density at radius 3 is 2.32 bits per heavy atom. The highest BCUT2D eigenvalue weighted by molar-refractivity contribution is 5.96. The van der Waals surface area contributed by atoms with Crippen molar-refractivity contribution in [2.75, 3.05) is 26.2 Å². The quantitative estimate of drug-likeness (QED) is 0.474. The lowest BCUT2D eigenvalue weighted by molar-refractivity contribution is -0.137. The van der Waals surface area contributed by atoms with Crippen molar-refractivity contribution in [1.29, 1.82) is 0 Å². The molecule has 1 heterocycles. The van der Waals surface area contributed by atoms with E-state index in [4.69, 9.17) is 0 Å². The normalized spacial score (nSPS) is 19.4. The Kier molecular flexibility index (Phi) is 11.2. The molecule has 4 rings (SSSR count). The summed E-state index contributed by atoms with van der Waals surface area (Å²) in [6.45, 7) is 4.55. The first-order valence-corrected chi connectivity index (χ1v) is 13.4. The highest BCUT2D eigenvalue weighted by atomic mass is 19.4. The van der Waals surface area contributed by atoms with Crippen molar-refractivity contribution in [2.45, 2.75) is 70.2 Å². The van der Waals surface area contributed by atoms with E-state index in [1.165, 1.54) is 43.4 Å². The van der Waals surface area contributed by atoms with Gasteiger partial charge in [0.1, 0.15) is 0 Å². The third-order valence-corrected chi connectivity index (χ3v) is 7.20. The average Bonchev–Trinajstić information content (AvgIpc) is 3.47. The molecule has 2 aliphatic rings. The van der Waals surface area contributed by atoms with Gasteiger partial charge >= 0.3 is 6.18 Å². The van der Waals surface area contributed by atoms with Crippen LogP contribution in [0.1, 0.15) is 78.4 Å². The Morgan fingerprint density at radius 2 is 1.68 bits per heavy atom. The fraction of sp³-hybridized carbons (Fsp3) is 0.517. The van der Waals surface area contributed by atoms with Crippen molar-refractivity contribution in [3.8, 4) is 0 Å². The number of alkyl halides is 3. The molecule has 2 amide bonds. The van der Waals surface area contributed by atoms with E-state index >= 15 is 0 Å². The molecule has 0 atom stereocenters. The number of aliphatic hydroxyl groups is 1. The van der Waals surface area contributed by atoms with Gasteiger partial charge in [-0.3, -0.25) is 9.59 Å². The zero-order chi connectivity index (χ0) is 27.5. The van der Waals surface area contributed by atoms with Gasteiger partial charge in [0.2, 0.25) is 5.91 Å². The molecule has 0 radical (unpaired) electrons. The van der Waals surface area contributed by atoms with E-state index in [1.807, 2.05) is 12.1 Å². The lowest BCUT2D eigenvalue weighted by Gasteiger charge is -2.30.